The maximum atomic E-state index is 12.6. The summed E-state index contributed by atoms with van der Waals surface area (Å²) in [5.74, 6) is 0.170. The number of nitrogens with two attached hydrogens (primary N) is 1. The minimum atomic E-state index is 0.170. The molecule has 0 spiro atoms. The predicted molar refractivity (Wildman–Crippen MR) is 81.8 cm³/mol. The molecule has 2 N–H and O–H groups in total. The molecular formula is C16H25N3O. The highest BCUT2D eigenvalue weighted by Crippen LogP contribution is 2.13. The molecule has 1 aliphatic rings. The van der Waals surface area contributed by atoms with Gasteiger partial charge in [-0.1, -0.05) is 18.2 Å². The van der Waals surface area contributed by atoms with Crippen LogP contribution in [0.5, 0.6) is 0 Å². The summed E-state index contributed by atoms with van der Waals surface area (Å²) < 4.78 is 0. The van der Waals surface area contributed by atoms with E-state index in [1.54, 1.807) is 0 Å². The fourth-order valence-electron chi connectivity index (χ4n) is 2.70. The summed E-state index contributed by atoms with van der Waals surface area (Å²) in [6.07, 6.45) is 2.08. The van der Waals surface area contributed by atoms with Crippen molar-refractivity contribution in [2.45, 2.75) is 19.8 Å². The predicted octanol–water partition coefficient (Wildman–Crippen LogP) is 1.49. The van der Waals surface area contributed by atoms with Gasteiger partial charge in [0, 0.05) is 25.2 Å². The summed E-state index contributed by atoms with van der Waals surface area (Å²) in [6, 6.07) is 7.84. The van der Waals surface area contributed by atoms with Crippen LogP contribution in [-0.2, 0) is 0 Å². The number of amides is 1. The molecule has 0 saturated carbocycles. The average Bonchev–Trinajstić information content (AvgIpc) is 2.70. The van der Waals surface area contributed by atoms with Crippen LogP contribution in [0, 0.1) is 6.92 Å². The highest BCUT2D eigenvalue weighted by molar-refractivity contribution is 5.95. The van der Waals surface area contributed by atoms with E-state index in [-0.39, 0.29) is 5.91 Å². The van der Waals surface area contributed by atoms with E-state index in [9.17, 15) is 4.79 Å². The Morgan fingerprint density at radius 3 is 2.75 bits per heavy atom. The Morgan fingerprint density at radius 2 is 2.00 bits per heavy atom. The van der Waals surface area contributed by atoms with E-state index in [2.05, 4.69) is 4.90 Å². The standard InChI is InChI=1S/C16H25N3O/c1-14-6-2-3-7-15(14)16(20)19-11-5-10-18(12-13-19)9-4-8-17/h2-3,6-7H,4-5,8-13,17H2,1H3. The van der Waals surface area contributed by atoms with Crippen LogP contribution in [0.2, 0.25) is 0 Å². The van der Waals surface area contributed by atoms with Crippen molar-refractivity contribution in [3.63, 3.8) is 0 Å². The van der Waals surface area contributed by atoms with Crippen molar-refractivity contribution >= 4 is 5.91 Å². The lowest BCUT2D eigenvalue weighted by Gasteiger charge is -2.22. The van der Waals surface area contributed by atoms with Crippen LogP contribution in [0.1, 0.15) is 28.8 Å². The topological polar surface area (TPSA) is 49.6 Å². The zero-order valence-electron chi connectivity index (χ0n) is 12.3. The summed E-state index contributed by atoms with van der Waals surface area (Å²) in [7, 11) is 0. The van der Waals surface area contributed by atoms with Crippen LogP contribution in [0.4, 0.5) is 0 Å². The summed E-state index contributed by atoms with van der Waals surface area (Å²) >= 11 is 0. The van der Waals surface area contributed by atoms with Gasteiger partial charge in [-0.05, 0) is 51.0 Å². The first-order valence-electron chi connectivity index (χ1n) is 7.49. The first kappa shape index (κ1) is 15.0. The normalized spacial score (nSPS) is 17.0. The van der Waals surface area contributed by atoms with Crippen molar-refractivity contribution in [2.24, 2.45) is 5.73 Å². The van der Waals surface area contributed by atoms with Gasteiger partial charge < -0.3 is 15.5 Å². The summed E-state index contributed by atoms with van der Waals surface area (Å²) in [4.78, 5) is 17.0. The molecule has 2 rings (SSSR count). The van der Waals surface area contributed by atoms with E-state index in [1.165, 1.54) is 0 Å². The molecule has 20 heavy (non-hydrogen) atoms. The minimum absolute atomic E-state index is 0.170. The molecule has 0 radical (unpaired) electrons. The molecule has 0 aromatic heterocycles. The van der Waals surface area contributed by atoms with Gasteiger partial charge in [0.25, 0.3) is 5.91 Å². The molecule has 1 aliphatic heterocycles. The number of aryl methyl sites for hydroxylation is 1. The Morgan fingerprint density at radius 1 is 1.20 bits per heavy atom. The largest absolute Gasteiger partial charge is 0.337 e. The molecule has 0 aliphatic carbocycles. The number of rotatable bonds is 4. The van der Waals surface area contributed by atoms with Crippen molar-refractivity contribution in [2.75, 3.05) is 39.3 Å². The van der Waals surface area contributed by atoms with Gasteiger partial charge in [0.1, 0.15) is 0 Å². The first-order valence-corrected chi connectivity index (χ1v) is 7.49. The minimum Gasteiger partial charge on any atom is -0.337 e. The molecule has 4 nitrogen and oxygen atoms in total. The smallest absolute Gasteiger partial charge is 0.254 e. The van der Waals surface area contributed by atoms with Crippen LogP contribution < -0.4 is 5.73 Å². The lowest BCUT2D eigenvalue weighted by Crippen LogP contribution is -2.36. The monoisotopic (exact) mass is 275 g/mol. The molecule has 1 fully saturated rings. The molecule has 1 aromatic rings. The highest BCUT2D eigenvalue weighted by Gasteiger charge is 2.20. The van der Waals surface area contributed by atoms with E-state index >= 15 is 0 Å². The Hall–Kier alpha value is -1.39. The third-order valence-corrected chi connectivity index (χ3v) is 3.93. The number of hydrogen-bond donors (Lipinski definition) is 1. The van der Waals surface area contributed by atoms with Crippen LogP contribution in [0.15, 0.2) is 24.3 Å². The molecule has 1 aromatic carbocycles. The quantitative estimate of drug-likeness (QED) is 0.906. The number of carbonyl (C=O) groups is 1. The third-order valence-electron chi connectivity index (χ3n) is 3.93. The molecular weight excluding hydrogens is 250 g/mol. The molecule has 0 bridgehead atoms. The second-order valence-corrected chi connectivity index (χ2v) is 5.44. The molecule has 0 unspecified atom stereocenters. The van der Waals surface area contributed by atoms with E-state index in [0.29, 0.717) is 0 Å². The van der Waals surface area contributed by atoms with E-state index in [1.807, 2.05) is 36.1 Å². The number of hydrogen-bond acceptors (Lipinski definition) is 3. The molecule has 110 valence electrons. The van der Waals surface area contributed by atoms with Gasteiger partial charge in [0.05, 0.1) is 0 Å². The van der Waals surface area contributed by atoms with Gasteiger partial charge in [-0.15, -0.1) is 0 Å². The maximum Gasteiger partial charge on any atom is 0.254 e. The zero-order valence-corrected chi connectivity index (χ0v) is 12.3. The van der Waals surface area contributed by atoms with Crippen molar-refractivity contribution < 1.29 is 4.79 Å². The van der Waals surface area contributed by atoms with Crippen LogP contribution in [-0.4, -0.2) is 55.0 Å². The Kier molecular flexibility index (Phi) is 5.56. The van der Waals surface area contributed by atoms with Crippen LogP contribution >= 0.6 is 0 Å². The lowest BCUT2D eigenvalue weighted by molar-refractivity contribution is 0.0760. The second kappa shape index (κ2) is 7.41. The van der Waals surface area contributed by atoms with Crippen LogP contribution in [0.25, 0.3) is 0 Å². The third kappa shape index (κ3) is 3.81. The number of benzene rings is 1. The van der Waals surface area contributed by atoms with Gasteiger partial charge in [-0.25, -0.2) is 0 Å². The second-order valence-electron chi connectivity index (χ2n) is 5.44. The van der Waals surface area contributed by atoms with E-state index in [4.69, 9.17) is 5.73 Å². The average molecular weight is 275 g/mol. The summed E-state index contributed by atoms with van der Waals surface area (Å²) in [5, 5.41) is 0. The number of carbonyl (C=O) groups excluding carboxylic acids is 1. The first-order chi connectivity index (χ1) is 9.72. The van der Waals surface area contributed by atoms with Crippen molar-refractivity contribution in [3.8, 4) is 0 Å². The molecule has 1 heterocycles. The van der Waals surface area contributed by atoms with Gasteiger partial charge >= 0.3 is 0 Å². The molecule has 0 atom stereocenters. The fourth-order valence-corrected chi connectivity index (χ4v) is 2.70. The zero-order chi connectivity index (χ0) is 14.4. The van der Waals surface area contributed by atoms with Gasteiger partial charge in [0.15, 0.2) is 0 Å². The Bertz CT molecular complexity index is 447. The van der Waals surface area contributed by atoms with E-state index < -0.39 is 0 Å². The Labute approximate surface area is 121 Å². The molecule has 4 heteroatoms. The highest BCUT2D eigenvalue weighted by atomic mass is 16.2. The lowest BCUT2D eigenvalue weighted by atomic mass is 10.1. The summed E-state index contributed by atoms with van der Waals surface area (Å²) in [5.41, 5.74) is 7.45. The van der Waals surface area contributed by atoms with Gasteiger partial charge in [-0.3, -0.25) is 4.79 Å². The van der Waals surface area contributed by atoms with Gasteiger partial charge in [0.2, 0.25) is 0 Å². The summed E-state index contributed by atoms with van der Waals surface area (Å²) in [6.45, 7) is 7.48. The maximum absolute atomic E-state index is 12.6. The van der Waals surface area contributed by atoms with E-state index in [0.717, 1.165) is 63.2 Å². The van der Waals surface area contributed by atoms with Crippen molar-refractivity contribution in [3.05, 3.63) is 35.4 Å². The molecule has 1 saturated heterocycles. The molecule has 1 amide bonds. The number of nitrogens with zero attached hydrogens (tertiary/aromatic N) is 2. The SMILES string of the molecule is Cc1ccccc1C(=O)N1CCCN(CCCN)CC1. The van der Waals surface area contributed by atoms with Crippen molar-refractivity contribution in [1.82, 2.24) is 9.80 Å². The fraction of sp³-hybridized carbons (Fsp3) is 0.562. The van der Waals surface area contributed by atoms with Gasteiger partial charge in [-0.2, -0.15) is 0 Å². The van der Waals surface area contributed by atoms with Crippen molar-refractivity contribution in [1.29, 1.82) is 0 Å². The van der Waals surface area contributed by atoms with Crippen LogP contribution in [0.3, 0.4) is 0 Å². The Balaban J connectivity index is 1.96.